The van der Waals surface area contributed by atoms with Crippen molar-refractivity contribution in [3.8, 4) is 5.75 Å². The zero-order valence-electron chi connectivity index (χ0n) is 12.3. The number of likely N-dealkylation sites (tertiary alicyclic amines) is 1. The average molecular weight is 280 g/mol. The van der Waals surface area contributed by atoms with E-state index in [2.05, 4.69) is 11.8 Å². The van der Waals surface area contributed by atoms with E-state index in [-0.39, 0.29) is 12.4 Å². The molecule has 2 heterocycles. The van der Waals surface area contributed by atoms with Crippen LogP contribution in [-0.2, 0) is 19.7 Å². The van der Waals surface area contributed by atoms with Crippen molar-refractivity contribution in [2.24, 2.45) is 5.92 Å². The van der Waals surface area contributed by atoms with Crippen molar-refractivity contribution in [1.29, 1.82) is 0 Å². The molecule has 2 N–H and O–H groups in total. The van der Waals surface area contributed by atoms with Crippen molar-refractivity contribution >= 4 is 0 Å². The first-order valence-electron chi connectivity index (χ1n) is 7.34. The minimum atomic E-state index is -0.404. The monoisotopic (exact) mass is 280 g/mol. The summed E-state index contributed by atoms with van der Waals surface area (Å²) in [4.78, 5) is 14.1. The average Bonchev–Trinajstić information content (AvgIpc) is 2.45. The third kappa shape index (κ3) is 3.04. The predicted octanol–water partition coefficient (Wildman–Crippen LogP) is 1.30. The third-order valence-corrected chi connectivity index (χ3v) is 4.20. The van der Waals surface area contributed by atoms with Gasteiger partial charge in [0.1, 0.15) is 0 Å². The molecule has 0 amide bonds. The summed E-state index contributed by atoms with van der Waals surface area (Å²) in [6, 6.07) is 1.32. The molecule has 1 aliphatic heterocycles. The van der Waals surface area contributed by atoms with Gasteiger partial charge in [-0.25, -0.2) is 0 Å². The fourth-order valence-corrected chi connectivity index (χ4v) is 2.86. The highest BCUT2D eigenvalue weighted by Crippen LogP contribution is 2.22. The van der Waals surface area contributed by atoms with Gasteiger partial charge in [0.15, 0.2) is 5.75 Å². The molecule has 0 aliphatic carbocycles. The van der Waals surface area contributed by atoms with Crippen LogP contribution in [0.2, 0.25) is 0 Å². The molecule has 1 aromatic heterocycles. The summed E-state index contributed by atoms with van der Waals surface area (Å²) in [5, 5.41) is 19.4. The van der Waals surface area contributed by atoms with Gasteiger partial charge in [-0.1, -0.05) is 6.92 Å². The second-order valence-electron chi connectivity index (χ2n) is 5.66. The Morgan fingerprint density at radius 2 is 2.00 bits per heavy atom. The highest BCUT2D eigenvalue weighted by atomic mass is 16.3. The van der Waals surface area contributed by atoms with Crippen LogP contribution in [0, 0.1) is 5.92 Å². The molecular formula is C15H24N2O3. The maximum atomic E-state index is 11.8. The summed E-state index contributed by atoms with van der Waals surface area (Å²) in [6.45, 7) is 7.18. The zero-order valence-corrected chi connectivity index (χ0v) is 12.3. The summed E-state index contributed by atoms with van der Waals surface area (Å²) >= 11 is 0. The normalized spacial score (nSPS) is 17.6. The molecular weight excluding hydrogens is 256 g/mol. The Bertz CT molecular complexity index is 517. The number of hydrogen-bond acceptors (Lipinski definition) is 4. The molecule has 0 saturated carbocycles. The molecule has 5 heteroatoms. The fourth-order valence-electron chi connectivity index (χ4n) is 2.86. The first-order chi connectivity index (χ1) is 9.56. The van der Waals surface area contributed by atoms with Gasteiger partial charge in [-0.3, -0.25) is 9.69 Å². The number of nitrogens with zero attached hydrogens (tertiary/aromatic N) is 2. The van der Waals surface area contributed by atoms with Crippen LogP contribution in [0.5, 0.6) is 5.75 Å². The second-order valence-corrected chi connectivity index (χ2v) is 5.66. The molecule has 0 bridgehead atoms. The Kier molecular flexibility index (Phi) is 4.83. The van der Waals surface area contributed by atoms with E-state index in [1.165, 1.54) is 6.07 Å². The Balaban J connectivity index is 2.30. The van der Waals surface area contributed by atoms with Crippen LogP contribution >= 0.6 is 0 Å². The van der Waals surface area contributed by atoms with E-state index in [4.69, 9.17) is 0 Å². The molecule has 1 fully saturated rings. The van der Waals surface area contributed by atoms with Crippen LogP contribution < -0.4 is 5.43 Å². The maximum Gasteiger partial charge on any atom is 0.223 e. The molecule has 2 rings (SSSR count). The molecule has 1 saturated heterocycles. The van der Waals surface area contributed by atoms with Crippen molar-refractivity contribution in [1.82, 2.24) is 9.47 Å². The van der Waals surface area contributed by atoms with Crippen molar-refractivity contribution in [2.45, 2.75) is 46.4 Å². The summed E-state index contributed by atoms with van der Waals surface area (Å²) in [7, 11) is 0. The van der Waals surface area contributed by atoms with Gasteiger partial charge in [0.2, 0.25) is 5.43 Å². The number of aromatic nitrogens is 1. The van der Waals surface area contributed by atoms with Gasteiger partial charge in [0, 0.05) is 24.8 Å². The lowest BCUT2D eigenvalue weighted by Crippen LogP contribution is -2.34. The lowest BCUT2D eigenvalue weighted by Gasteiger charge is -2.31. The number of aromatic hydroxyl groups is 1. The van der Waals surface area contributed by atoms with Gasteiger partial charge >= 0.3 is 0 Å². The highest BCUT2D eigenvalue weighted by molar-refractivity contribution is 5.30. The third-order valence-electron chi connectivity index (χ3n) is 4.20. The first kappa shape index (κ1) is 15.1. The summed E-state index contributed by atoms with van der Waals surface area (Å²) in [5.41, 5.74) is 0.786. The van der Waals surface area contributed by atoms with Gasteiger partial charge in [-0.2, -0.15) is 0 Å². The Morgan fingerprint density at radius 3 is 2.55 bits per heavy atom. The van der Waals surface area contributed by atoms with Gasteiger partial charge < -0.3 is 14.8 Å². The van der Waals surface area contributed by atoms with E-state index in [1.807, 2.05) is 11.5 Å². The van der Waals surface area contributed by atoms with E-state index in [0.717, 1.165) is 31.8 Å². The van der Waals surface area contributed by atoms with Gasteiger partial charge in [0.05, 0.1) is 12.3 Å². The summed E-state index contributed by atoms with van der Waals surface area (Å²) in [5.74, 6) is 0.569. The van der Waals surface area contributed by atoms with Crippen molar-refractivity contribution in [3.63, 3.8) is 0 Å². The van der Waals surface area contributed by atoms with Crippen LogP contribution in [0.25, 0.3) is 0 Å². The minimum absolute atomic E-state index is 0.178. The highest BCUT2D eigenvalue weighted by Gasteiger charge is 2.20. The van der Waals surface area contributed by atoms with Crippen LogP contribution in [-0.4, -0.2) is 32.8 Å². The topological polar surface area (TPSA) is 65.7 Å². The molecule has 5 nitrogen and oxygen atoms in total. The van der Waals surface area contributed by atoms with Gasteiger partial charge in [0.25, 0.3) is 0 Å². The molecule has 1 aliphatic rings. The van der Waals surface area contributed by atoms with Crippen molar-refractivity contribution in [2.75, 3.05) is 13.1 Å². The molecule has 1 aromatic rings. The quantitative estimate of drug-likeness (QED) is 0.872. The van der Waals surface area contributed by atoms with Crippen molar-refractivity contribution < 1.29 is 10.2 Å². The molecule has 0 aromatic carbocycles. The first-order valence-corrected chi connectivity index (χ1v) is 7.34. The van der Waals surface area contributed by atoms with E-state index in [1.54, 1.807) is 0 Å². The number of piperidine rings is 1. The SMILES string of the molecule is CCn1c(CO)cc(=O)c(O)c1CN1CCC(C)CC1. The summed E-state index contributed by atoms with van der Waals surface area (Å²) < 4.78 is 1.84. The smallest absolute Gasteiger partial charge is 0.223 e. The second kappa shape index (κ2) is 6.41. The van der Waals surface area contributed by atoms with Gasteiger partial charge in [-0.05, 0) is 38.8 Å². The van der Waals surface area contributed by atoms with Crippen LogP contribution in [0.4, 0.5) is 0 Å². The number of aliphatic hydroxyl groups is 1. The Hall–Kier alpha value is -1.33. The number of rotatable bonds is 4. The van der Waals surface area contributed by atoms with Crippen LogP contribution in [0.15, 0.2) is 10.9 Å². The summed E-state index contributed by atoms with van der Waals surface area (Å²) in [6.07, 6.45) is 2.30. The number of aliphatic hydroxyl groups excluding tert-OH is 1. The number of pyridine rings is 1. The standard InChI is InChI=1S/C15H24N2O3/c1-3-17-12(10-18)8-14(19)15(20)13(17)9-16-6-4-11(2)5-7-16/h8,11,18,20H,3-7,9-10H2,1-2H3. The predicted molar refractivity (Wildman–Crippen MR) is 77.6 cm³/mol. The lowest BCUT2D eigenvalue weighted by molar-refractivity contribution is 0.177. The molecule has 0 atom stereocenters. The van der Waals surface area contributed by atoms with Crippen LogP contribution in [0.1, 0.15) is 38.1 Å². The fraction of sp³-hybridized carbons (Fsp3) is 0.667. The molecule has 112 valence electrons. The Labute approximate surface area is 119 Å². The van der Waals surface area contributed by atoms with Crippen LogP contribution in [0.3, 0.4) is 0 Å². The molecule has 0 unspecified atom stereocenters. The largest absolute Gasteiger partial charge is 0.503 e. The molecule has 0 spiro atoms. The Morgan fingerprint density at radius 1 is 1.35 bits per heavy atom. The molecule has 0 radical (unpaired) electrons. The van der Waals surface area contributed by atoms with E-state index >= 15 is 0 Å². The maximum absolute atomic E-state index is 11.8. The van der Waals surface area contributed by atoms with Crippen molar-refractivity contribution in [3.05, 3.63) is 27.7 Å². The lowest BCUT2D eigenvalue weighted by atomic mass is 9.99. The number of hydrogen-bond donors (Lipinski definition) is 2. The van der Waals surface area contributed by atoms with E-state index < -0.39 is 5.43 Å². The minimum Gasteiger partial charge on any atom is -0.503 e. The van der Waals surface area contributed by atoms with E-state index in [0.29, 0.717) is 24.5 Å². The molecule has 20 heavy (non-hydrogen) atoms. The van der Waals surface area contributed by atoms with E-state index in [9.17, 15) is 15.0 Å². The zero-order chi connectivity index (χ0) is 14.7. The van der Waals surface area contributed by atoms with Gasteiger partial charge in [-0.15, -0.1) is 0 Å².